The molecule has 2 N–H and O–H groups in total. The van der Waals surface area contributed by atoms with Crippen molar-refractivity contribution >= 4 is 10.2 Å². The van der Waals surface area contributed by atoms with Crippen LogP contribution in [0.25, 0.3) is 0 Å². The van der Waals surface area contributed by atoms with E-state index in [1.807, 2.05) is 0 Å². The second-order valence-corrected chi connectivity index (χ2v) is 7.22. The van der Waals surface area contributed by atoms with E-state index in [2.05, 4.69) is 0 Å². The third kappa shape index (κ3) is 2.00. The van der Waals surface area contributed by atoms with Gasteiger partial charge in [0.25, 0.3) is 10.2 Å². The molecule has 0 atom stereocenters. The summed E-state index contributed by atoms with van der Waals surface area (Å²) in [6.45, 7) is 2.86. The summed E-state index contributed by atoms with van der Waals surface area (Å²) in [5.74, 6) is 0.540. The molecule has 0 radical (unpaired) electrons. The van der Waals surface area contributed by atoms with Crippen molar-refractivity contribution in [3.8, 4) is 0 Å². The number of hydrogen-bond donors (Lipinski definition) is 1. The van der Waals surface area contributed by atoms with Gasteiger partial charge in [-0.3, -0.25) is 0 Å². The van der Waals surface area contributed by atoms with Gasteiger partial charge in [-0.15, -0.1) is 0 Å². The van der Waals surface area contributed by atoms with Crippen molar-refractivity contribution in [2.45, 2.75) is 18.4 Å². The van der Waals surface area contributed by atoms with Crippen molar-refractivity contribution < 1.29 is 13.2 Å². The van der Waals surface area contributed by atoms with Crippen LogP contribution >= 0.6 is 0 Å². The highest BCUT2D eigenvalue weighted by Crippen LogP contribution is 2.43. The SMILES string of the molecule is NC1(C2CC2)CN(S(=O)(=O)N2CCOCC2)C1. The van der Waals surface area contributed by atoms with Crippen molar-refractivity contribution in [1.82, 2.24) is 8.61 Å². The van der Waals surface area contributed by atoms with Crippen LogP contribution in [0, 0.1) is 5.92 Å². The minimum atomic E-state index is -3.30. The number of nitrogens with two attached hydrogens (primary N) is 1. The molecule has 0 bridgehead atoms. The van der Waals surface area contributed by atoms with Gasteiger partial charge in [-0.05, 0) is 18.8 Å². The summed E-state index contributed by atoms with van der Waals surface area (Å²) in [4.78, 5) is 0. The Morgan fingerprint density at radius 3 is 2.24 bits per heavy atom. The molecule has 0 spiro atoms. The first-order chi connectivity index (χ1) is 8.02. The van der Waals surface area contributed by atoms with Gasteiger partial charge in [0, 0.05) is 31.7 Å². The van der Waals surface area contributed by atoms with Crippen LogP contribution in [0.15, 0.2) is 0 Å². The Morgan fingerprint density at radius 2 is 1.71 bits per heavy atom. The van der Waals surface area contributed by atoms with Crippen LogP contribution in [0.5, 0.6) is 0 Å². The molecule has 3 rings (SSSR count). The minimum Gasteiger partial charge on any atom is -0.379 e. The summed E-state index contributed by atoms with van der Waals surface area (Å²) >= 11 is 0. The standard InChI is InChI=1S/C10H19N3O3S/c11-10(9-1-2-9)7-13(8-10)17(14,15)12-3-5-16-6-4-12/h9H,1-8,11H2. The monoisotopic (exact) mass is 261 g/mol. The molecular formula is C10H19N3O3S. The Balaban J connectivity index is 1.64. The summed E-state index contributed by atoms with van der Waals surface area (Å²) < 4.78 is 32.7. The molecule has 0 aromatic carbocycles. The largest absolute Gasteiger partial charge is 0.379 e. The third-order valence-corrected chi connectivity index (χ3v) is 5.88. The number of nitrogens with zero attached hydrogens (tertiary/aromatic N) is 2. The zero-order valence-corrected chi connectivity index (χ0v) is 10.7. The summed E-state index contributed by atoms with van der Waals surface area (Å²) in [6.07, 6.45) is 2.31. The van der Waals surface area contributed by atoms with Crippen LogP contribution in [0.1, 0.15) is 12.8 Å². The number of rotatable bonds is 3. The highest BCUT2D eigenvalue weighted by Gasteiger charge is 2.54. The summed E-state index contributed by atoms with van der Waals surface area (Å²) in [5.41, 5.74) is 5.92. The van der Waals surface area contributed by atoms with E-state index in [0.717, 1.165) is 12.8 Å². The van der Waals surface area contributed by atoms with Crippen molar-refractivity contribution in [2.24, 2.45) is 11.7 Å². The first kappa shape index (κ1) is 11.9. The van der Waals surface area contributed by atoms with Crippen LogP contribution < -0.4 is 5.73 Å². The lowest BCUT2D eigenvalue weighted by Crippen LogP contribution is -2.71. The minimum absolute atomic E-state index is 0.251. The zero-order chi connectivity index (χ0) is 12.1. The lowest BCUT2D eigenvalue weighted by Gasteiger charge is -2.48. The highest BCUT2D eigenvalue weighted by atomic mass is 32.2. The van der Waals surface area contributed by atoms with Crippen LogP contribution in [0.2, 0.25) is 0 Å². The van der Waals surface area contributed by atoms with E-state index in [4.69, 9.17) is 10.5 Å². The van der Waals surface area contributed by atoms with Crippen molar-refractivity contribution in [3.63, 3.8) is 0 Å². The Morgan fingerprint density at radius 1 is 1.12 bits per heavy atom. The van der Waals surface area contributed by atoms with E-state index in [0.29, 0.717) is 45.3 Å². The van der Waals surface area contributed by atoms with Crippen LogP contribution in [-0.2, 0) is 14.9 Å². The zero-order valence-electron chi connectivity index (χ0n) is 9.84. The highest BCUT2D eigenvalue weighted by molar-refractivity contribution is 7.86. The summed E-state index contributed by atoms with van der Waals surface area (Å²) in [6, 6.07) is 0. The number of ether oxygens (including phenoxy) is 1. The third-order valence-electron chi connectivity index (χ3n) is 3.95. The maximum atomic E-state index is 12.2. The van der Waals surface area contributed by atoms with Gasteiger partial charge in [0.1, 0.15) is 0 Å². The van der Waals surface area contributed by atoms with E-state index in [9.17, 15) is 8.42 Å². The Labute approximate surface area is 102 Å². The first-order valence-corrected chi connectivity index (χ1v) is 7.54. The molecular weight excluding hydrogens is 242 g/mol. The van der Waals surface area contributed by atoms with E-state index in [-0.39, 0.29) is 5.54 Å². The topological polar surface area (TPSA) is 75.9 Å². The normalized spacial score (nSPS) is 31.1. The summed E-state index contributed by atoms with van der Waals surface area (Å²) in [5, 5.41) is 0. The van der Waals surface area contributed by atoms with E-state index in [1.54, 1.807) is 0 Å². The van der Waals surface area contributed by atoms with Gasteiger partial charge >= 0.3 is 0 Å². The molecule has 7 heteroatoms. The van der Waals surface area contributed by atoms with Gasteiger partial charge in [-0.1, -0.05) is 0 Å². The van der Waals surface area contributed by atoms with Crippen LogP contribution in [0.4, 0.5) is 0 Å². The molecule has 2 aliphatic heterocycles. The Bertz CT molecular complexity index is 395. The van der Waals surface area contributed by atoms with Gasteiger partial charge < -0.3 is 10.5 Å². The van der Waals surface area contributed by atoms with Crippen LogP contribution in [-0.4, -0.2) is 62.0 Å². The Kier molecular flexibility index (Phi) is 2.71. The summed E-state index contributed by atoms with van der Waals surface area (Å²) in [7, 11) is -3.30. The number of morpholine rings is 1. The molecule has 6 nitrogen and oxygen atoms in total. The molecule has 0 aromatic heterocycles. The molecule has 0 amide bonds. The maximum Gasteiger partial charge on any atom is 0.282 e. The van der Waals surface area contributed by atoms with Gasteiger partial charge in [0.15, 0.2) is 0 Å². The van der Waals surface area contributed by atoms with Gasteiger partial charge in [0.05, 0.1) is 13.2 Å². The predicted octanol–water partition coefficient (Wildman–Crippen LogP) is -1.01. The smallest absolute Gasteiger partial charge is 0.282 e. The van der Waals surface area contributed by atoms with Gasteiger partial charge in [-0.25, -0.2) is 0 Å². The van der Waals surface area contributed by atoms with Gasteiger partial charge in [0.2, 0.25) is 0 Å². The first-order valence-electron chi connectivity index (χ1n) is 6.14. The number of hydrogen-bond acceptors (Lipinski definition) is 4. The van der Waals surface area contributed by atoms with Gasteiger partial charge in [-0.2, -0.15) is 17.0 Å². The molecule has 2 saturated heterocycles. The molecule has 1 aliphatic carbocycles. The quantitative estimate of drug-likeness (QED) is 0.706. The molecule has 3 fully saturated rings. The van der Waals surface area contributed by atoms with E-state index in [1.165, 1.54) is 8.61 Å². The van der Waals surface area contributed by atoms with E-state index >= 15 is 0 Å². The Hall–Kier alpha value is -0.210. The van der Waals surface area contributed by atoms with Crippen molar-refractivity contribution in [1.29, 1.82) is 0 Å². The molecule has 98 valence electrons. The second kappa shape index (κ2) is 3.89. The second-order valence-electron chi connectivity index (χ2n) is 5.29. The molecule has 2 heterocycles. The average Bonchev–Trinajstić information content (AvgIpc) is 3.10. The predicted molar refractivity (Wildman–Crippen MR) is 62.5 cm³/mol. The van der Waals surface area contributed by atoms with E-state index < -0.39 is 10.2 Å². The lowest BCUT2D eigenvalue weighted by atomic mass is 9.88. The average molecular weight is 261 g/mol. The molecule has 3 aliphatic rings. The fourth-order valence-corrected chi connectivity index (χ4v) is 4.37. The lowest BCUT2D eigenvalue weighted by molar-refractivity contribution is 0.0624. The molecule has 1 saturated carbocycles. The molecule has 0 unspecified atom stereocenters. The van der Waals surface area contributed by atoms with Crippen molar-refractivity contribution in [2.75, 3.05) is 39.4 Å². The maximum absolute atomic E-state index is 12.2. The molecule has 0 aromatic rings. The fraction of sp³-hybridized carbons (Fsp3) is 1.00. The molecule has 17 heavy (non-hydrogen) atoms. The fourth-order valence-electron chi connectivity index (χ4n) is 2.63. The van der Waals surface area contributed by atoms with Crippen LogP contribution in [0.3, 0.4) is 0 Å². The van der Waals surface area contributed by atoms with Crippen molar-refractivity contribution in [3.05, 3.63) is 0 Å².